The van der Waals surface area contributed by atoms with Gasteiger partial charge in [0.15, 0.2) is 0 Å². The molecule has 2 nitrogen and oxygen atoms in total. The molecule has 17 heavy (non-hydrogen) atoms. The van der Waals surface area contributed by atoms with Crippen LogP contribution < -0.4 is 0 Å². The van der Waals surface area contributed by atoms with E-state index in [4.69, 9.17) is 0 Å². The van der Waals surface area contributed by atoms with Crippen molar-refractivity contribution in [1.29, 1.82) is 0 Å². The Labute approximate surface area is 106 Å². The molecular weight excluding hydrogens is 210 g/mol. The summed E-state index contributed by atoms with van der Waals surface area (Å²) in [5, 5.41) is 9.97. The second kappa shape index (κ2) is 5.71. The fourth-order valence-corrected chi connectivity index (χ4v) is 3.79. The molecule has 0 amide bonds. The van der Waals surface area contributed by atoms with E-state index in [1.165, 1.54) is 25.7 Å². The number of aliphatic hydroxyl groups excluding tert-OH is 1. The van der Waals surface area contributed by atoms with Crippen LogP contribution in [0.4, 0.5) is 0 Å². The van der Waals surface area contributed by atoms with Gasteiger partial charge in [0.05, 0.1) is 6.10 Å². The molecule has 0 heterocycles. The summed E-state index contributed by atoms with van der Waals surface area (Å²) in [7, 11) is 0. The highest BCUT2D eigenvalue weighted by molar-refractivity contribution is 4.92. The van der Waals surface area contributed by atoms with Crippen LogP contribution in [0.2, 0.25) is 0 Å². The molecule has 100 valence electrons. The first kappa shape index (κ1) is 13.4. The molecule has 2 heteroatoms. The number of hydrogen-bond donors (Lipinski definition) is 1. The highest BCUT2D eigenvalue weighted by atomic mass is 16.3. The van der Waals surface area contributed by atoms with Crippen molar-refractivity contribution in [3.05, 3.63) is 0 Å². The van der Waals surface area contributed by atoms with E-state index in [0.29, 0.717) is 6.04 Å². The van der Waals surface area contributed by atoms with E-state index in [0.717, 1.165) is 37.3 Å². The van der Waals surface area contributed by atoms with Crippen LogP contribution in [0.3, 0.4) is 0 Å². The number of nitrogens with zero attached hydrogens (tertiary/aromatic N) is 1. The van der Waals surface area contributed by atoms with Crippen molar-refractivity contribution < 1.29 is 5.11 Å². The van der Waals surface area contributed by atoms with Gasteiger partial charge in [-0.05, 0) is 50.5 Å². The molecule has 1 N–H and O–H groups in total. The lowest BCUT2D eigenvalue weighted by molar-refractivity contribution is -0.0214. The second-order valence-corrected chi connectivity index (χ2v) is 6.36. The molecule has 2 rings (SSSR count). The number of rotatable bonds is 4. The van der Waals surface area contributed by atoms with Gasteiger partial charge in [0.1, 0.15) is 0 Å². The topological polar surface area (TPSA) is 23.5 Å². The minimum Gasteiger partial charge on any atom is -0.393 e. The fourth-order valence-electron chi connectivity index (χ4n) is 3.79. The summed E-state index contributed by atoms with van der Waals surface area (Å²) in [6.45, 7) is 8.15. The van der Waals surface area contributed by atoms with E-state index in [2.05, 4.69) is 25.7 Å². The van der Waals surface area contributed by atoms with Gasteiger partial charge >= 0.3 is 0 Å². The Morgan fingerprint density at radius 3 is 2.35 bits per heavy atom. The molecule has 0 aromatic rings. The maximum atomic E-state index is 9.97. The SMILES string of the molecule is CCN(C1CCC1)C1CC(O)CCC1C(C)C. The van der Waals surface area contributed by atoms with Crippen molar-refractivity contribution in [3.63, 3.8) is 0 Å². The highest BCUT2D eigenvalue weighted by Crippen LogP contribution is 2.37. The third-order valence-electron chi connectivity index (χ3n) is 5.03. The summed E-state index contributed by atoms with van der Waals surface area (Å²) in [6.07, 6.45) is 7.35. The van der Waals surface area contributed by atoms with Crippen LogP contribution >= 0.6 is 0 Å². The van der Waals surface area contributed by atoms with Crippen LogP contribution in [0.15, 0.2) is 0 Å². The standard InChI is InChI=1S/C15H29NO/c1-4-16(12-6-5-7-12)15-10-13(17)8-9-14(15)11(2)3/h11-15,17H,4-10H2,1-3H3. The molecule has 2 fully saturated rings. The molecule has 0 aromatic heterocycles. The summed E-state index contributed by atoms with van der Waals surface area (Å²) in [4.78, 5) is 2.70. The molecule has 2 aliphatic rings. The average Bonchev–Trinajstić information content (AvgIpc) is 2.22. The predicted molar refractivity (Wildman–Crippen MR) is 72.0 cm³/mol. The maximum absolute atomic E-state index is 9.97. The Hall–Kier alpha value is -0.0800. The van der Waals surface area contributed by atoms with E-state index >= 15 is 0 Å². The smallest absolute Gasteiger partial charge is 0.0555 e. The van der Waals surface area contributed by atoms with Crippen molar-refractivity contribution in [3.8, 4) is 0 Å². The van der Waals surface area contributed by atoms with Gasteiger partial charge in [0, 0.05) is 12.1 Å². The number of aliphatic hydroxyl groups is 1. The second-order valence-electron chi connectivity index (χ2n) is 6.36. The summed E-state index contributed by atoms with van der Waals surface area (Å²) >= 11 is 0. The van der Waals surface area contributed by atoms with Gasteiger partial charge in [-0.1, -0.05) is 27.2 Å². The largest absolute Gasteiger partial charge is 0.393 e. The van der Waals surface area contributed by atoms with Crippen LogP contribution in [0, 0.1) is 11.8 Å². The van der Waals surface area contributed by atoms with E-state index in [9.17, 15) is 5.11 Å². The normalized spacial score (nSPS) is 35.3. The Kier molecular flexibility index (Phi) is 4.48. The lowest BCUT2D eigenvalue weighted by Gasteiger charge is -2.48. The minimum atomic E-state index is -0.0517. The fraction of sp³-hybridized carbons (Fsp3) is 1.00. The lowest BCUT2D eigenvalue weighted by atomic mass is 9.74. The molecule has 0 aliphatic heterocycles. The molecule has 2 aliphatic carbocycles. The minimum absolute atomic E-state index is 0.0517. The monoisotopic (exact) mass is 239 g/mol. The van der Waals surface area contributed by atoms with Crippen molar-refractivity contribution in [2.75, 3.05) is 6.54 Å². The quantitative estimate of drug-likeness (QED) is 0.815. The molecular formula is C15H29NO. The van der Waals surface area contributed by atoms with Crippen LogP contribution in [0.1, 0.15) is 59.3 Å². The Morgan fingerprint density at radius 1 is 1.18 bits per heavy atom. The zero-order valence-electron chi connectivity index (χ0n) is 11.7. The van der Waals surface area contributed by atoms with Gasteiger partial charge in [-0.2, -0.15) is 0 Å². The van der Waals surface area contributed by atoms with Crippen molar-refractivity contribution in [2.45, 2.75) is 77.5 Å². The van der Waals surface area contributed by atoms with Gasteiger partial charge in [-0.15, -0.1) is 0 Å². The van der Waals surface area contributed by atoms with Gasteiger partial charge in [0.25, 0.3) is 0 Å². The zero-order valence-corrected chi connectivity index (χ0v) is 11.7. The van der Waals surface area contributed by atoms with Crippen molar-refractivity contribution in [1.82, 2.24) is 4.90 Å². The highest BCUT2D eigenvalue weighted by Gasteiger charge is 2.38. The van der Waals surface area contributed by atoms with E-state index in [1.54, 1.807) is 0 Å². The average molecular weight is 239 g/mol. The van der Waals surface area contributed by atoms with Crippen molar-refractivity contribution >= 4 is 0 Å². The summed E-state index contributed by atoms with van der Waals surface area (Å²) < 4.78 is 0. The van der Waals surface area contributed by atoms with Crippen LogP contribution in [0.25, 0.3) is 0 Å². The van der Waals surface area contributed by atoms with Crippen LogP contribution in [0.5, 0.6) is 0 Å². The molecule has 0 radical (unpaired) electrons. The molecule has 0 spiro atoms. The predicted octanol–water partition coefficient (Wildman–Crippen LogP) is 3.05. The van der Waals surface area contributed by atoms with Gasteiger partial charge < -0.3 is 5.11 Å². The first-order valence-corrected chi connectivity index (χ1v) is 7.57. The molecule has 3 unspecified atom stereocenters. The first-order valence-electron chi connectivity index (χ1n) is 7.57. The summed E-state index contributed by atoms with van der Waals surface area (Å²) in [6, 6.07) is 1.45. The summed E-state index contributed by atoms with van der Waals surface area (Å²) in [5.41, 5.74) is 0. The van der Waals surface area contributed by atoms with E-state index < -0.39 is 0 Å². The first-order chi connectivity index (χ1) is 8.13. The molecule has 3 atom stereocenters. The lowest BCUT2D eigenvalue weighted by Crippen LogP contribution is -2.53. The van der Waals surface area contributed by atoms with Crippen LogP contribution in [-0.2, 0) is 0 Å². The summed E-state index contributed by atoms with van der Waals surface area (Å²) in [5.74, 6) is 1.54. The van der Waals surface area contributed by atoms with E-state index in [1.807, 2.05) is 0 Å². The Balaban J connectivity index is 2.06. The third-order valence-corrected chi connectivity index (χ3v) is 5.03. The molecule has 2 saturated carbocycles. The molecule has 0 saturated heterocycles. The Bertz CT molecular complexity index is 237. The van der Waals surface area contributed by atoms with Crippen LogP contribution in [-0.4, -0.2) is 34.7 Å². The van der Waals surface area contributed by atoms with E-state index in [-0.39, 0.29) is 6.10 Å². The van der Waals surface area contributed by atoms with Gasteiger partial charge in [0.2, 0.25) is 0 Å². The number of hydrogen-bond acceptors (Lipinski definition) is 2. The Morgan fingerprint density at radius 2 is 1.88 bits per heavy atom. The third kappa shape index (κ3) is 2.85. The van der Waals surface area contributed by atoms with Gasteiger partial charge in [-0.25, -0.2) is 0 Å². The molecule has 0 aromatic carbocycles. The van der Waals surface area contributed by atoms with Gasteiger partial charge in [-0.3, -0.25) is 4.90 Å². The zero-order chi connectivity index (χ0) is 12.4. The van der Waals surface area contributed by atoms with Crippen molar-refractivity contribution in [2.24, 2.45) is 11.8 Å². The maximum Gasteiger partial charge on any atom is 0.0555 e. The molecule has 0 bridgehead atoms.